The Morgan fingerprint density at radius 3 is 2.03 bits per heavy atom. The van der Waals surface area contributed by atoms with Crippen LogP contribution >= 0.6 is 0 Å². The maximum atomic E-state index is 11.9. The number of hydrogen-bond acceptors (Lipinski definition) is 5. The average Bonchev–Trinajstić information content (AvgIpc) is 2.83. The fourth-order valence-electron chi connectivity index (χ4n) is 3.74. The summed E-state index contributed by atoms with van der Waals surface area (Å²) >= 11 is 0. The summed E-state index contributed by atoms with van der Waals surface area (Å²) in [5.41, 5.74) is 1.28. The van der Waals surface area contributed by atoms with E-state index in [1.807, 2.05) is 6.07 Å². The number of rotatable bonds is 20. The lowest BCUT2D eigenvalue weighted by atomic mass is 10.1. The van der Waals surface area contributed by atoms with Crippen LogP contribution in [0, 0.1) is 5.92 Å². The monoisotopic (exact) mass is 476 g/mol. The SMILES string of the molecule is CCCCCCCCCCCCN(CCNC(=O)OCCOC(=O)C(C)C)Cc1ccccc1. The third-order valence-electron chi connectivity index (χ3n) is 5.81. The Labute approximate surface area is 207 Å². The summed E-state index contributed by atoms with van der Waals surface area (Å²) in [7, 11) is 0. The van der Waals surface area contributed by atoms with Crippen molar-refractivity contribution in [1.82, 2.24) is 10.2 Å². The highest BCUT2D eigenvalue weighted by atomic mass is 16.6. The molecule has 0 saturated carbocycles. The van der Waals surface area contributed by atoms with Crippen molar-refractivity contribution in [3.63, 3.8) is 0 Å². The van der Waals surface area contributed by atoms with Gasteiger partial charge in [-0.05, 0) is 18.5 Å². The number of carbonyl (C=O) groups excluding carboxylic acids is 2. The molecular formula is C28H48N2O4. The largest absolute Gasteiger partial charge is 0.462 e. The van der Waals surface area contributed by atoms with E-state index < -0.39 is 6.09 Å². The lowest BCUT2D eigenvalue weighted by Gasteiger charge is -2.22. The maximum Gasteiger partial charge on any atom is 0.407 e. The van der Waals surface area contributed by atoms with E-state index in [1.54, 1.807) is 13.8 Å². The van der Waals surface area contributed by atoms with Gasteiger partial charge in [0.2, 0.25) is 0 Å². The molecule has 0 unspecified atom stereocenters. The molecule has 0 radical (unpaired) electrons. The van der Waals surface area contributed by atoms with Crippen molar-refractivity contribution in [3.05, 3.63) is 35.9 Å². The van der Waals surface area contributed by atoms with Crippen LogP contribution in [0.2, 0.25) is 0 Å². The molecule has 1 aromatic rings. The van der Waals surface area contributed by atoms with Crippen molar-refractivity contribution in [2.75, 3.05) is 32.8 Å². The van der Waals surface area contributed by atoms with E-state index in [0.717, 1.165) is 19.6 Å². The molecule has 0 fully saturated rings. The number of esters is 1. The molecule has 1 rings (SSSR count). The van der Waals surface area contributed by atoms with Gasteiger partial charge < -0.3 is 14.8 Å². The highest BCUT2D eigenvalue weighted by Crippen LogP contribution is 2.12. The summed E-state index contributed by atoms with van der Waals surface area (Å²) < 4.78 is 10.1. The van der Waals surface area contributed by atoms with E-state index >= 15 is 0 Å². The molecular weight excluding hydrogens is 428 g/mol. The molecule has 1 aromatic carbocycles. The van der Waals surface area contributed by atoms with E-state index in [1.165, 1.54) is 69.8 Å². The topological polar surface area (TPSA) is 67.9 Å². The predicted octanol–water partition coefficient (Wildman–Crippen LogP) is 6.33. The minimum atomic E-state index is -0.473. The first-order chi connectivity index (χ1) is 16.5. The van der Waals surface area contributed by atoms with E-state index in [-0.39, 0.29) is 25.1 Å². The number of unbranched alkanes of at least 4 members (excludes halogenated alkanes) is 9. The highest BCUT2D eigenvalue weighted by molar-refractivity contribution is 5.71. The first-order valence-electron chi connectivity index (χ1n) is 13.4. The molecule has 0 bridgehead atoms. The lowest BCUT2D eigenvalue weighted by molar-refractivity contribution is -0.148. The van der Waals surface area contributed by atoms with Crippen LogP contribution in [-0.2, 0) is 20.8 Å². The third kappa shape index (κ3) is 16.5. The van der Waals surface area contributed by atoms with Crippen molar-refractivity contribution in [2.24, 2.45) is 5.92 Å². The Bertz CT molecular complexity index is 637. The Morgan fingerprint density at radius 2 is 1.41 bits per heavy atom. The molecule has 6 nitrogen and oxygen atoms in total. The lowest BCUT2D eigenvalue weighted by Crippen LogP contribution is -2.36. The summed E-state index contributed by atoms with van der Waals surface area (Å²) in [5, 5.41) is 2.81. The fourth-order valence-corrected chi connectivity index (χ4v) is 3.74. The van der Waals surface area contributed by atoms with Crippen LogP contribution in [0.4, 0.5) is 4.79 Å². The van der Waals surface area contributed by atoms with E-state index in [9.17, 15) is 9.59 Å². The normalized spacial score (nSPS) is 11.1. The van der Waals surface area contributed by atoms with Gasteiger partial charge in [-0.25, -0.2) is 4.79 Å². The second kappa shape index (κ2) is 20.3. The van der Waals surface area contributed by atoms with E-state index in [0.29, 0.717) is 6.54 Å². The van der Waals surface area contributed by atoms with Gasteiger partial charge in [0.05, 0.1) is 5.92 Å². The smallest absolute Gasteiger partial charge is 0.407 e. The molecule has 0 heterocycles. The first kappa shape index (κ1) is 30.0. The zero-order chi connectivity index (χ0) is 24.9. The molecule has 1 amide bonds. The van der Waals surface area contributed by atoms with Gasteiger partial charge in [-0.15, -0.1) is 0 Å². The number of alkyl carbamates (subject to hydrolysis) is 1. The minimum Gasteiger partial charge on any atom is -0.462 e. The number of amides is 1. The molecule has 0 aliphatic carbocycles. The quantitative estimate of drug-likeness (QED) is 0.176. The molecule has 1 N–H and O–H groups in total. The zero-order valence-electron chi connectivity index (χ0n) is 21.9. The second-order valence-corrected chi connectivity index (χ2v) is 9.33. The van der Waals surface area contributed by atoms with Crippen LogP contribution < -0.4 is 5.32 Å². The van der Waals surface area contributed by atoms with Gasteiger partial charge in [-0.2, -0.15) is 0 Å². The molecule has 34 heavy (non-hydrogen) atoms. The first-order valence-corrected chi connectivity index (χ1v) is 13.4. The summed E-state index contributed by atoms with van der Waals surface area (Å²) in [5.74, 6) is -0.465. The summed E-state index contributed by atoms with van der Waals surface area (Å²) in [6, 6.07) is 10.5. The molecule has 0 spiro atoms. The van der Waals surface area contributed by atoms with E-state index in [2.05, 4.69) is 41.4 Å². The Balaban J connectivity index is 2.23. The Kier molecular flexibility index (Phi) is 17.9. The Hall–Kier alpha value is -2.08. The third-order valence-corrected chi connectivity index (χ3v) is 5.81. The van der Waals surface area contributed by atoms with Gasteiger partial charge in [0.15, 0.2) is 0 Å². The number of ether oxygens (including phenoxy) is 2. The number of hydrogen-bond donors (Lipinski definition) is 1. The number of nitrogens with one attached hydrogen (secondary N) is 1. The highest BCUT2D eigenvalue weighted by Gasteiger charge is 2.10. The van der Waals surface area contributed by atoms with Crippen LogP contribution in [0.25, 0.3) is 0 Å². The van der Waals surface area contributed by atoms with Gasteiger partial charge >= 0.3 is 12.1 Å². The van der Waals surface area contributed by atoms with Crippen molar-refractivity contribution < 1.29 is 19.1 Å². The molecule has 0 aliphatic rings. The molecule has 0 aliphatic heterocycles. The van der Waals surface area contributed by atoms with Crippen LogP contribution in [0.1, 0.15) is 90.5 Å². The molecule has 0 aromatic heterocycles. The van der Waals surface area contributed by atoms with Crippen molar-refractivity contribution >= 4 is 12.1 Å². The molecule has 0 atom stereocenters. The number of carbonyl (C=O) groups is 2. The van der Waals surface area contributed by atoms with Gasteiger partial charge in [0.1, 0.15) is 13.2 Å². The maximum absolute atomic E-state index is 11.9. The number of benzene rings is 1. The summed E-state index contributed by atoms with van der Waals surface area (Å²) in [6.07, 6.45) is 12.8. The van der Waals surface area contributed by atoms with Gasteiger partial charge in [-0.1, -0.05) is 109 Å². The number of nitrogens with zero attached hydrogens (tertiary/aromatic N) is 1. The zero-order valence-corrected chi connectivity index (χ0v) is 21.9. The minimum absolute atomic E-state index is 0.0661. The Morgan fingerprint density at radius 1 is 0.824 bits per heavy atom. The van der Waals surface area contributed by atoms with Crippen LogP contribution in [0.15, 0.2) is 30.3 Å². The van der Waals surface area contributed by atoms with Crippen LogP contribution in [0.3, 0.4) is 0 Å². The van der Waals surface area contributed by atoms with Crippen LogP contribution in [0.5, 0.6) is 0 Å². The average molecular weight is 477 g/mol. The standard InChI is InChI=1S/C28H48N2O4/c1-4-5-6-7-8-9-10-11-12-16-20-30(24-26-17-14-13-15-18-26)21-19-29-28(32)34-23-22-33-27(31)25(2)3/h13-15,17-18,25H,4-12,16,19-24H2,1-3H3,(H,29,32). The van der Waals surface area contributed by atoms with Crippen molar-refractivity contribution in [1.29, 1.82) is 0 Å². The second-order valence-electron chi connectivity index (χ2n) is 9.33. The van der Waals surface area contributed by atoms with Crippen LogP contribution in [-0.4, -0.2) is 49.8 Å². The van der Waals surface area contributed by atoms with Gasteiger partial charge in [0, 0.05) is 19.6 Å². The van der Waals surface area contributed by atoms with Crippen molar-refractivity contribution in [2.45, 2.75) is 91.5 Å². The summed E-state index contributed by atoms with van der Waals surface area (Å²) in [6.45, 7) is 9.14. The molecule has 194 valence electrons. The molecule has 0 saturated heterocycles. The molecule has 6 heteroatoms. The fraction of sp³-hybridized carbons (Fsp3) is 0.714. The van der Waals surface area contributed by atoms with Crippen molar-refractivity contribution in [3.8, 4) is 0 Å². The van der Waals surface area contributed by atoms with Gasteiger partial charge in [0.25, 0.3) is 0 Å². The van der Waals surface area contributed by atoms with Gasteiger partial charge in [-0.3, -0.25) is 9.69 Å². The predicted molar refractivity (Wildman–Crippen MR) is 139 cm³/mol. The summed E-state index contributed by atoms with van der Waals surface area (Å²) in [4.78, 5) is 25.7. The van der Waals surface area contributed by atoms with E-state index in [4.69, 9.17) is 9.47 Å².